The Morgan fingerprint density at radius 1 is 0.518 bits per heavy atom. The molecule has 0 amide bonds. The van der Waals surface area contributed by atoms with Crippen LogP contribution in [0, 0.1) is 24.7 Å². The van der Waals surface area contributed by atoms with Gasteiger partial charge in [-0.15, -0.1) is 37.8 Å². The smallest absolute Gasteiger partial charge is 0 e. The van der Waals surface area contributed by atoms with Gasteiger partial charge in [0.25, 0.3) is 0 Å². The number of hydrogen-bond acceptors (Lipinski definition) is 4. The van der Waals surface area contributed by atoms with Gasteiger partial charge in [0.15, 0.2) is 0 Å². The summed E-state index contributed by atoms with van der Waals surface area (Å²) in [6, 6.07) is 13.9. The fourth-order valence-electron chi connectivity index (χ4n) is 4.63. The predicted molar refractivity (Wildman–Crippen MR) is 242 cm³/mol. The van der Waals surface area contributed by atoms with Gasteiger partial charge in [-0.2, -0.15) is 0 Å². The van der Waals surface area contributed by atoms with Crippen LogP contribution in [-0.2, 0) is 42.1 Å². The zero-order valence-electron chi connectivity index (χ0n) is 36.1. The van der Waals surface area contributed by atoms with Crippen LogP contribution in [0.3, 0.4) is 0 Å². The van der Waals surface area contributed by atoms with Crippen LogP contribution in [0.5, 0.6) is 23.3 Å². The Kier molecular flexibility index (Phi) is 59.8. The average molecular weight is 1430 g/mol. The van der Waals surface area contributed by atoms with E-state index in [0.29, 0.717) is 54.3 Å². The first kappa shape index (κ1) is 68.7. The fourth-order valence-corrected chi connectivity index (χ4v) is 10.00. The summed E-state index contributed by atoms with van der Waals surface area (Å²) in [5.41, 5.74) is 1.21. The maximum Gasteiger partial charge on any atom is 0 e. The molecule has 0 saturated heterocycles. The molecule has 0 saturated carbocycles. The van der Waals surface area contributed by atoms with E-state index in [1.807, 2.05) is 0 Å². The number of halogens is 2. The minimum Gasteiger partial charge on any atom is -1.00 e. The number of nitrogens with zero attached hydrogens (tertiary/aromatic N) is 2. The maximum absolute atomic E-state index is 7.14. The summed E-state index contributed by atoms with van der Waals surface area (Å²) < 4.78 is 11.2. The molecule has 0 unspecified atom stereocenters. The second-order valence-corrected chi connectivity index (χ2v) is 24.1. The van der Waals surface area contributed by atoms with Crippen LogP contribution in [0.4, 0.5) is 0 Å². The van der Waals surface area contributed by atoms with Crippen molar-refractivity contribution in [3.05, 3.63) is 84.9 Å². The molecule has 324 valence electrons. The molecule has 0 radical (unpaired) electrons. The van der Waals surface area contributed by atoms with Crippen molar-refractivity contribution in [1.29, 1.82) is 0 Å². The van der Waals surface area contributed by atoms with Gasteiger partial charge >= 0.3 is 121 Å². The zero-order valence-corrected chi connectivity index (χ0v) is 48.6. The minimum atomic E-state index is 0. The Morgan fingerprint density at radius 3 is 1.05 bits per heavy atom. The molecule has 0 aliphatic carbocycles. The Labute approximate surface area is 414 Å². The molecule has 0 N–H and O–H groups in total. The van der Waals surface area contributed by atoms with Crippen LogP contribution in [0.25, 0.3) is 0 Å². The quantitative estimate of drug-likeness (QED) is 0.0631. The van der Waals surface area contributed by atoms with E-state index >= 15 is 0 Å². The summed E-state index contributed by atoms with van der Waals surface area (Å²) in [5, 5.41) is 0. The molecule has 12 heteroatoms. The van der Waals surface area contributed by atoms with Gasteiger partial charge in [-0.1, -0.05) is 83.1 Å². The minimum absolute atomic E-state index is 0. The van der Waals surface area contributed by atoms with Crippen molar-refractivity contribution < 1.29 is 99.6 Å². The number of hydrogen-bond donors (Lipinski definition) is 0. The largest absolute Gasteiger partial charge is 1.00 e. The van der Waals surface area contributed by atoms with Crippen LogP contribution in [0.15, 0.2) is 60.9 Å². The first-order valence-corrected chi connectivity index (χ1v) is 26.9. The van der Waals surface area contributed by atoms with Gasteiger partial charge < -0.3 is 54.4 Å². The van der Waals surface area contributed by atoms with E-state index in [4.69, 9.17) is 22.3 Å². The first-order valence-electron chi connectivity index (χ1n) is 19.3. The number of ether oxygens (including phenoxy) is 2. The molecule has 0 bridgehead atoms. The Bertz CT molecular complexity index is 1220. The average Bonchev–Trinajstić information content (AvgIpc) is 3.19. The molecule has 3 aromatic rings. The second-order valence-electron chi connectivity index (χ2n) is 11.2. The van der Waals surface area contributed by atoms with E-state index < -0.39 is 0 Å². The van der Waals surface area contributed by atoms with Crippen molar-refractivity contribution in [3.8, 4) is 35.1 Å². The fraction of sp³-hybridized carbons (Fsp3) is 0.545. The molecule has 1 aromatic heterocycles. The van der Waals surface area contributed by atoms with Crippen molar-refractivity contribution in [2.75, 3.05) is 73.9 Å². The van der Waals surface area contributed by atoms with Crippen molar-refractivity contribution >= 4 is 31.7 Å². The third kappa shape index (κ3) is 35.7. The summed E-state index contributed by atoms with van der Waals surface area (Å²) in [6.45, 7) is 27.5. The van der Waals surface area contributed by atoms with Crippen LogP contribution >= 0.6 is 31.7 Å². The van der Waals surface area contributed by atoms with Gasteiger partial charge in [-0.3, -0.25) is 5.92 Å². The summed E-state index contributed by atoms with van der Waals surface area (Å²) >= 11 is 0. The standard InChI is InChI=1S/C20H10N2O2.4C6H15P.2HI.2Pt/c1-3-15-7-5-9-17(11-15)23-19-13-21-14-20(22-19)24-18-10-6-8-16(4-2)12-18;4*1-4-7(5-2)6-3;;;;/h5-14H;4*4-6H2,1-3H3;2*1H;;/p-2. The summed E-state index contributed by atoms with van der Waals surface area (Å²) in [5.74, 6) is 6.18. The SMILES string of the molecule is CCP(CC)CC.CCP(CC)CC.CCP(CC)CC.CCP(CC)CC.[C+]#Cc1cccc(Oc2cncc(Oc3cccc(C#[C-])c3)n2)c1.[I-].[I-].[Pt].[Pt]. The van der Waals surface area contributed by atoms with Crippen LogP contribution in [-0.4, -0.2) is 83.9 Å². The summed E-state index contributed by atoms with van der Waals surface area (Å²) in [4.78, 5) is 8.28. The van der Waals surface area contributed by atoms with Crippen molar-refractivity contribution in [1.82, 2.24) is 9.97 Å². The van der Waals surface area contributed by atoms with Crippen molar-refractivity contribution in [3.63, 3.8) is 0 Å². The van der Waals surface area contributed by atoms with Crippen LogP contribution in [0.2, 0.25) is 0 Å². The van der Waals surface area contributed by atoms with E-state index in [2.05, 4.69) is 105 Å². The Morgan fingerprint density at radius 2 is 0.804 bits per heavy atom. The van der Waals surface area contributed by atoms with E-state index in [0.717, 1.165) is 0 Å². The number of aromatic nitrogens is 2. The third-order valence-corrected chi connectivity index (χ3v) is 19.1. The molecule has 4 nitrogen and oxygen atoms in total. The molecule has 3 rings (SSSR count). The normalized spacial score (nSPS) is 9.30. The molecule has 0 aliphatic heterocycles. The Hall–Kier alpha value is 1.02. The molecule has 2 aromatic carbocycles. The molecule has 56 heavy (non-hydrogen) atoms. The van der Waals surface area contributed by atoms with Gasteiger partial charge in [0, 0.05) is 42.1 Å². The van der Waals surface area contributed by atoms with Crippen LogP contribution < -0.4 is 57.4 Å². The predicted octanol–water partition coefficient (Wildman–Crippen LogP) is 8.05. The van der Waals surface area contributed by atoms with Gasteiger partial charge in [0.1, 0.15) is 0 Å². The molecular weight excluding hydrogens is 1360 g/mol. The Balaban J connectivity index is -0.000000163. The molecule has 0 aliphatic rings. The van der Waals surface area contributed by atoms with Gasteiger partial charge in [-0.05, 0) is 73.9 Å². The number of rotatable bonds is 16. The first-order chi connectivity index (χ1) is 25.1. The van der Waals surface area contributed by atoms with Gasteiger partial charge in [0.05, 0.1) is 0 Å². The van der Waals surface area contributed by atoms with Crippen molar-refractivity contribution in [2.24, 2.45) is 0 Å². The molecule has 1 heterocycles. The summed E-state index contributed by atoms with van der Waals surface area (Å²) in [7, 11) is 1.78. The second kappa shape index (κ2) is 48.7. The molecular formula is C44H70I2N2O2P4Pt2-2. The monoisotopic (exact) mass is 1430 g/mol. The maximum atomic E-state index is 7.14. The van der Waals surface area contributed by atoms with Crippen molar-refractivity contribution in [2.45, 2.75) is 83.1 Å². The van der Waals surface area contributed by atoms with Crippen LogP contribution in [0.1, 0.15) is 94.2 Å². The topological polar surface area (TPSA) is 44.2 Å². The third-order valence-electron chi connectivity index (χ3n) is 8.36. The number of benzene rings is 2. The molecule has 0 spiro atoms. The van der Waals surface area contributed by atoms with Gasteiger partial charge in [-0.25, -0.2) is 0 Å². The van der Waals surface area contributed by atoms with E-state index in [1.54, 1.807) is 48.5 Å². The van der Waals surface area contributed by atoms with E-state index in [-0.39, 0.29) is 102 Å². The van der Waals surface area contributed by atoms with E-state index in [1.165, 1.54) is 86.3 Å². The molecule has 0 atom stereocenters. The summed E-state index contributed by atoms with van der Waals surface area (Å²) in [6.07, 6.45) is 34.2. The van der Waals surface area contributed by atoms with Gasteiger partial charge in [0.2, 0.25) is 0 Å². The zero-order chi connectivity index (χ0) is 39.6. The van der Waals surface area contributed by atoms with E-state index in [9.17, 15) is 0 Å². The molecule has 0 fully saturated rings.